The number of sulfonamides is 1. The second kappa shape index (κ2) is 9.18. The summed E-state index contributed by atoms with van der Waals surface area (Å²) < 4.78 is 28.6. The molecular formula is C20H20Cl2N4O3S. The van der Waals surface area contributed by atoms with E-state index in [2.05, 4.69) is 10.3 Å². The Kier molecular flexibility index (Phi) is 6.82. The first-order chi connectivity index (χ1) is 14.3. The highest BCUT2D eigenvalue weighted by atomic mass is 35.5. The Bertz CT molecular complexity index is 1220. The maximum absolute atomic E-state index is 12.8. The summed E-state index contributed by atoms with van der Waals surface area (Å²) in [5.74, 6) is -0.453. The van der Waals surface area contributed by atoms with Crippen LogP contribution >= 0.6 is 23.2 Å². The Morgan fingerprint density at radius 2 is 1.93 bits per heavy atom. The molecule has 2 aromatic heterocycles. The van der Waals surface area contributed by atoms with Crippen LogP contribution in [0.5, 0.6) is 0 Å². The molecule has 3 aromatic rings. The third kappa shape index (κ3) is 4.52. The smallest absolute Gasteiger partial charge is 0.248 e. The number of halogens is 2. The van der Waals surface area contributed by atoms with Crippen LogP contribution in [-0.4, -0.2) is 41.1 Å². The van der Waals surface area contributed by atoms with Gasteiger partial charge in [-0.15, -0.1) is 0 Å². The molecule has 0 spiro atoms. The van der Waals surface area contributed by atoms with E-state index < -0.39 is 15.9 Å². The molecule has 3 rings (SSSR count). The predicted octanol–water partition coefficient (Wildman–Crippen LogP) is 4.32. The number of hydrogen-bond acceptors (Lipinski definition) is 4. The SMILES string of the molecule is CCN(CC)S(=O)(=O)c1cc(NC(=O)/C=C/c2c(Cl)nc3ccccn23)ccc1Cl. The maximum Gasteiger partial charge on any atom is 0.248 e. The van der Waals surface area contributed by atoms with Crippen LogP contribution in [0.25, 0.3) is 11.7 Å². The second-order valence-corrected chi connectivity index (χ2v) is 8.95. The molecule has 0 fully saturated rings. The summed E-state index contributed by atoms with van der Waals surface area (Å²) in [7, 11) is -3.76. The largest absolute Gasteiger partial charge is 0.322 e. The van der Waals surface area contributed by atoms with Crippen LogP contribution in [0.15, 0.2) is 53.6 Å². The monoisotopic (exact) mass is 466 g/mol. The number of anilines is 1. The lowest BCUT2D eigenvalue weighted by molar-refractivity contribution is -0.111. The van der Waals surface area contributed by atoms with Crippen molar-refractivity contribution in [2.24, 2.45) is 0 Å². The minimum absolute atomic E-state index is 0.0560. The van der Waals surface area contributed by atoms with Crippen molar-refractivity contribution in [3.63, 3.8) is 0 Å². The Morgan fingerprint density at radius 3 is 2.63 bits per heavy atom. The van der Waals surface area contributed by atoms with Crippen molar-refractivity contribution in [1.82, 2.24) is 13.7 Å². The van der Waals surface area contributed by atoms with Gasteiger partial charge in [0.2, 0.25) is 15.9 Å². The number of benzene rings is 1. The van der Waals surface area contributed by atoms with E-state index in [9.17, 15) is 13.2 Å². The molecule has 30 heavy (non-hydrogen) atoms. The van der Waals surface area contributed by atoms with E-state index in [1.165, 1.54) is 28.6 Å². The van der Waals surface area contributed by atoms with Gasteiger partial charge in [-0.3, -0.25) is 9.20 Å². The van der Waals surface area contributed by atoms with Crippen molar-refractivity contribution in [3.05, 3.63) is 64.5 Å². The quantitative estimate of drug-likeness (QED) is 0.525. The molecule has 1 aromatic carbocycles. The first kappa shape index (κ1) is 22.3. The van der Waals surface area contributed by atoms with E-state index in [0.717, 1.165) is 0 Å². The molecule has 0 saturated heterocycles. The number of nitrogens with zero attached hydrogens (tertiary/aromatic N) is 3. The molecule has 1 amide bonds. The van der Waals surface area contributed by atoms with Gasteiger partial charge in [0.15, 0.2) is 5.15 Å². The van der Waals surface area contributed by atoms with Crippen LogP contribution in [-0.2, 0) is 14.8 Å². The number of carbonyl (C=O) groups is 1. The molecule has 10 heteroatoms. The van der Waals surface area contributed by atoms with Crippen molar-refractivity contribution in [1.29, 1.82) is 0 Å². The summed E-state index contributed by atoms with van der Waals surface area (Å²) in [6.45, 7) is 4.12. The first-order valence-corrected chi connectivity index (χ1v) is 11.4. The third-order valence-corrected chi connectivity index (χ3v) is 7.25. The molecule has 0 aliphatic heterocycles. The summed E-state index contributed by atoms with van der Waals surface area (Å²) >= 11 is 12.3. The van der Waals surface area contributed by atoms with Gasteiger partial charge in [-0.2, -0.15) is 4.31 Å². The van der Waals surface area contributed by atoms with Crippen LogP contribution in [0.2, 0.25) is 10.2 Å². The minimum atomic E-state index is -3.76. The Hall–Kier alpha value is -2.39. The van der Waals surface area contributed by atoms with Crippen molar-refractivity contribution < 1.29 is 13.2 Å². The van der Waals surface area contributed by atoms with Crippen LogP contribution in [0.3, 0.4) is 0 Å². The normalized spacial score (nSPS) is 12.2. The number of imidazole rings is 1. The van der Waals surface area contributed by atoms with E-state index in [-0.39, 0.29) is 15.1 Å². The molecule has 0 bridgehead atoms. The lowest BCUT2D eigenvalue weighted by Crippen LogP contribution is -2.30. The van der Waals surface area contributed by atoms with Gasteiger partial charge in [-0.05, 0) is 36.4 Å². The molecular weight excluding hydrogens is 447 g/mol. The number of nitrogens with one attached hydrogen (secondary N) is 1. The fraction of sp³-hybridized carbons (Fsp3) is 0.200. The highest BCUT2D eigenvalue weighted by molar-refractivity contribution is 7.89. The van der Waals surface area contributed by atoms with E-state index in [4.69, 9.17) is 23.2 Å². The molecule has 0 unspecified atom stereocenters. The van der Waals surface area contributed by atoms with Crippen LogP contribution < -0.4 is 5.32 Å². The van der Waals surface area contributed by atoms with Gasteiger partial charge in [0.1, 0.15) is 10.5 Å². The first-order valence-electron chi connectivity index (χ1n) is 9.19. The topological polar surface area (TPSA) is 83.8 Å². The number of rotatable bonds is 7. The molecule has 0 saturated carbocycles. The fourth-order valence-electron chi connectivity index (χ4n) is 2.96. The van der Waals surface area contributed by atoms with Gasteiger partial charge < -0.3 is 5.32 Å². The highest BCUT2D eigenvalue weighted by Gasteiger charge is 2.24. The predicted molar refractivity (Wildman–Crippen MR) is 119 cm³/mol. The van der Waals surface area contributed by atoms with Crippen molar-refractivity contribution in [3.8, 4) is 0 Å². The summed E-state index contributed by atoms with van der Waals surface area (Å²) in [4.78, 5) is 16.5. The zero-order valence-corrected chi connectivity index (χ0v) is 18.7. The van der Waals surface area contributed by atoms with Crippen LogP contribution in [0, 0.1) is 0 Å². The molecule has 0 atom stereocenters. The Morgan fingerprint density at radius 1 is 1.20 bits per heavy atom. The maximum atomic E-state index is 12.8. The molecule has 1 N–H and O–H groups in total. The van der Waals surface area contributed by atoms with Crippen molar-refractivity contribution in [2.75, 3.05) is 18.4 Å². The number of amides is 1. The highest BCUT2D eigenvalue weighted by Crippen LogP contribution is 2.28. The van der Waals surface area contributed by atoms with E-state index in [1.54, 1.807) is 36.6 Å². The molecule has 7 nitrogen and oxygen atoms in total. The number of pyridine rings is 1. The van der Waals surface area contributed by atoms with Gasteiger partial charge in [0.25, 0.3) is 0 Å². The fourth-order valence-corrected chi connectivity index (χ4v) is 5.15. The summed E-state index contributed by atoms with van der Waals surface area (Å²) in [6.07, 6.45) is 4.63. The van der Waals surface area contributed by atoms with Gasteiger partial charge in [-0.25, -0.2) is 13.4 Å². The lowest BCUT2D eigenvalue weighted by atomic mass is 10.3. The third-order valence-electron chi connectivity index (χ3n) is 4.44. The van der Waals surface area contributed by atoms with Crippen LogP contribution in [0.4, 0.5) is 5.69 Å². The second-order valence-electron chi connectivity index (χ2n) is 6.27. The molecule has 2 heterocycles. The zero-order valence-electron chi connectivity index (χ0n) is 16.3. The van der Waals surface area contributed by atoms with E-state index in [1.807, 2.05) is 12.1 Å². The molecule has 0 aliphatic rings. The van der Waals surface area contributed by atoms with Gasteiger partial charge in [-0.1, -0.05) is 43.1 Å². The summed E-state index contributed by atoms with van der Waals surface area (Å²) in [5, 5.41) is 3.01. The standard InChI is InChI=1S/C20H20Cl2N4O3S/c1-3-25(4-2)30(28,29)17-13-14(8-9-15(17)21)23-19(27)11-10-16-20(22)24-18-7-5-6-12-26(16)18/h5-13H,3-4H2,1-2H3,(H,23,27)/b11-10+. The van der Waals surface area contributed by atoms with E-state index >= 15 is 0 Å². The van der Waals surface area contributed by atoms with Crippen LogP contribution in [0.1, 0.15) is 19.5 Å². The zero-order chi connectivity index (χ0) is 21.9. The minimum Gasteiger partial charge on any atom is -0.322 e. The van der Waals surface area contributed by atoms with Gasteiger partial charge in [0.05, 0.1) is 10.7 Å². The number of hydrogen-bond donors (Lipinski definition) is 1. The summed E-state index contributed by atoms with van der Waals surface area (Å²) in [6, 6.07) is 9.80. The van der Waals surface area contributed by atoms with Crippen molar-refractivity contribution >= 4 is 56.5 Å². The van der Waals surface area contributed by atoms with Crippen molar-refractivity contribution in [2.45, 2.75) is 18.7 Å². The Labute approximate surface area is 185 Å². The average molecular weight is 467 g/mol. The molecule has 158 valence electrons. The van der Waals surface area contributed by atoms with Gasteiger partial charge >= 0.3 is 0 Å². The molecule has 0 aliphatic carbocycles. The molecule has 0 radical (unpaired) electrons. The lowest BCUT2D eigenvalue weighted by Gasteiger charge is -2.19. The Balaban J connectivity index is 1.84. The number of fused-ring (bicyclic) bond motifs is 1. The number of carbonyl (C=O) groups excluding carboxylic acids is 1. The van der Waals surface area contributed by atoms with E-state index in [0.29, 0.717) is 30.1 Å². The summed E-state index contributed by atoms with van der Waals surface area (Å²) in [5.41, 5.74) is 1.53. The van der Waals surface area contributed by atoms with Gasteiger partial charge in [0, 0.05) is 31.0 Å². The average Bonchev–Trinajstić information content (AvgIpc) is 3.03. The number of aromatic nitrogens is 2.